The molecule has 1 N–H and O–H groups in total. The molecule has 0 radical (unpaired) electrons. The van der Waals surface area contributed by atoms with Crippen molar-refractivity contribution in [3.05, 3.63) is 52.0 Å². The molecule has 0 spiro atoms. The molecule has 3 nitrogen and oxygen atoms in total. The first-order valence-corrected chi connectivity index (χ1v) is 7.74. The summed E-state index contributed by atoms with van der Waals surface area (Å²) in [6.07, 6.45) is 2.65. The Bertz CT molecular complexity index is 686. The Hall–Kier alpha value is -1.71. The lowest BCUT2D eigenvalue weighted by molar-refractivity contribution is 0.217. The van der Waals surface area contributed by atoms with Crippen LogP contribution in [0.5, 0.6) is 11.5 Å². The number of phenols is 1. The highest BCUT2D eigenvalue weighted by atomic mass is 35.5. The minimum atomic E-state index is 0.0339. The molecular weight excluding hydrogens is 321 g/mol. The molecule has 1 atom stereocenters. The van der Waals surface area contributed by atoms with Crippen LogP contribution in [0.4, 0.5) is 5.69 Å². The Morgan fingerprint density at radius 3 is 2.64 bits per heavy atom. The van der Waals surface area contributed by atoms with Crippen LogP contribution in [0.15, 0.2) is 41.4 Å². The number of hydrogen-bond donors (Lipinski definition) is 1. The molecule has 0 aliphatic heterocycles. The van der Waals surface area contributed by atoms with Gasteiger partial charge in [-0.15, -0.1) is 0 Å². The van der Waals surface area contributed by atoms with Crippen molar-refractivity contribution >= 4 is 35.1 Å². The Morgan fingerprint density at radius 1 is 1.23 bits per heavy atom. The van der Waals surface area contributed by atoms with Crippen LogP contribution in [-0.2, 0) is 0 Å². The smallest absolute Gasteiger partial charge is 0.142 e. The Morgan fingerprint density at radius 2 is 2.00 bits per heavy atom. The Balaban J connectivity index is 2.16. The second-order valence-electron chi connectivity index (χ2n) is 4.92. The van der Waals surface area contributed by atoms with E-state index in [1.807, 2.05) is 19.1 Å². The van der Waals surface area contributed by atoms with Crippen molar-refractivity contribution in [2.45, 2.75) is 26.4 Å². The number of phenolic OH excluding ortho intramolecular Hbond substituents is 1. The summed E-state index contributed by atoms with van der Waals surface area (Å²) in [5.74, 6) is 0.689. The largest absolute Gasteiger partial charge is 0.506 e. The average Bonchev–Trinajstić information content (AvgIpc) is 2.48. The third-order valence-corrected chi connectivity index (χ3v) is 3.68. The van der Waals surface area contributed by atoms with Crippen molar-refractivity contribution in [2.75, 3.05) is 0 Å². The first-order chi connectivity index (χ1) is 10.5. The summed E-state index contributed by atoms with van der Waals surface area (Å²) in [4.78, 5) is 4.23. The predicted octanol–water partition coefficient (Wildman–Crippen LogP) is 5.63. The first kappa shape index (κ1) is 16.7. The van der Waals surface area contributed by atoms with Crippen molar-refractivity contribution in [1.29, 1.82) is 0 Å². The Kier molecular flexibility index (Phi) is 5.69. The van der Waals surface area contributed by atoms with Crippen LogP contribution in [0.2, 0.25) is 10.0 Å². The molecule has 0 unspecified atom stereocenters. The SMILES string of the molecule is CC[C@H](C)Oc1ccc(C=Nc2ccc(Cl)cc2O)cc1Cl. The zero-order valence-electron chi connectivity index (χ0n) is 12.4. The first-order valence-electron chi connectivity index (χ1n) is 6.98. The van der Waals surface area contributed by atoms with Crippen LogP contribution < -0.4 is 4.74 Å². The molecule has 5 heteroatoms. The van der Waals surface area contributed by atoms with Gasteiger partial charge in [-0.25, -0.2) is 0 Å². The van der Waals surface area contributed by atoms with Crippen molar-refractivity contribution in [3.8, 4) is 11.5 Å². The molecule has 0 aromatic heterocycles. The van der Waals surface area contributed by atoms with E-state index in [1.165, 1.54) is 6.07 Å². The fourth-order valence-corrected chi connectivity index (χ4v) is 2.14. The topological polar surface area (TPSA) is 41.8 Å². The van der Waals surface area contributed by atoms with Gasteiger partial charge in [-0.05, 0) is 49.2 Å². The highest BCUT2D eigenvalue weighted by molar-refractivity contribution is 6.32. The number of aliphatic imine (C=N–C) groups is 1. The molecule has 0 saturated carbocycles. The normalized spacial score (nSPS) is 12.5. The summed E-state index contributed by atoms with van der Waals surface area (Å²) in [7, 11) is 0. The lowest BCUT2D eigenvalue weighted by atomic mass is 10.2. The molecule has 0 fully saturated rings. The van der Waals surface area contributed by atoms with E-state index in [1.54, 1.807) is 24.4 Å². The molecule has 0 amide bonds. The van der Waals surface area contributed by atoms with Crippen molar-refractivity contribution in [2.24, 2.45) is 4.99 Å². The minimum absolute atomic E-state index is 0.0339. The van der Waals surface area contributed by atoms with Gasteiger partial charge in [0.2, 0.25) is 0 Å². The third-order valence-electron chi connectivity index (χ3n) is 3.15. The zero-order valence-corrected chi connectivity index (χ0v) is 13.9. The standard InChI is InChI=1S/C17H17Cl2NO2/c1-3-11(2)22-17-7-4-12(8-14(17)19)10-20-15-6-5-13(18)9-16(15)21/h4-11,21H,3H2,1-2H3/t11-/m0/s1. The number of halogens is 2. The van der Waals surface area contributed by atoms with Gasteiger partial charge >= 0.3 is 0 Å². The number of nitrogens with zero attached hydrogens (tertiary/aromatic N) is 1. The van der Waals surface area contributed by atoms with Gasteiger partial charge in [-0.1, -0.05) is 30.1 Å². The van der Waals surface area contributed by atoms with Crippen LogP contribution in [0.25, 0.3) is 0 Å². The number of rotatable bonds is 5. The van der Waals surface area contributed by atoms with Gasteiger partial charge in [-0.3, -0.25) is 4.99 Å². The van der Waals surface area contributed by atoms with E-state index in [0.29, 0.717) is 21.5 Å². The highest BCUT2D eigenvalue weighted by Crippen LogP contribution is 2.30. The average molecular weight is 338 g/mol. The van der Waals surface area contributed by atoms with E-state index >= 15 is 0 Å². The summed E-state index contributed by atoms with van der Waals surface area (Å²) < 4.78 is 5.71. The van der Waals surface area contributed by atoms with Crippen LogP contribution in [0, 0.1) is 0 Å². The summed E-state index contributed by atoms with van der Waals surface area (Å²) in [5, 5.41) is 10.7. The molecule has 2 aromatic carbocycles. The van der Waals surface area contributed by atoms with E-state index in [-0.39, 0.29) is 11.9 Å². The second kappa shape index (κ2) is 7.52. The van der Waals surface area contributed by atoms with Gasteiger partial charge in [0.1, 0.15) is 17.2 Å². The van der Waals surface area contributed by atoms with Crippen molar-refractivity contribution < 1.29 is 9.84 Å². The molecule has 0 bridgehead atoms. The van der Waals surface area contributed by atoms with Gasteiger partial charge in [-0.2, -0.15) is 0 Å². The maximum atomic E-state index is 9.75. The minimum Gasteiger partial charge on any atom is -0.506 e. The van der Waals surface area contributed by atoms with Gasteiger partial charge in [0.05, 0.1) is 11.1 Å². The summed E-state index contributed by atoms with van der Waals surface area (Å²) in [5.41, 5.74) is 1.26. The van der Waals surface area contributed by atoms with Crippen molar-refractivity contribution in [3.63, 3.8) is 0 Å². The summed E-state index contributed by atoms with van der Waals surface area (Å²) >= 11 is 12.0. The molecule has 2 rings (SSSR count). The molecule has 0 saturated heterocycles. The third kappa shape index (κ3) is 4.39. The highest BCUT2D eigenvalue weighted by Gasteiger charge is 2.06. The number of benzene rings is 2. The van der Waals surface area contributed by atoms with E-state index in [2.05, 4.69) is 11.9 Å². The molecule has 0 aliphatic carbocycles. The van der Waals surface area contributed by atoms with E-state index < -0.39 is 0 Å². The Labute approximate surface area is 140 Å². The predicted molar refractivity (Wildman–Crippen MR) is 92.2 cm³/mol. The van der Waals surface area contributed by atoms with Crippen LogP contribution in [0.3, 0.4) is 0 Å². The van der Waals surface area contributed by atoms with Crippen LogP contribution in [-0.4, -0.2) is 17.4 Å². The molecular formula is C17H17Cl2NO2. The zero-order chi connectivity index (χ0) is 16.1. The summed E-state index contributed by atoms with van der Waals surface area (Å²) in [6, 6.07) is 10.2. The fraction of sp³-hybridized carbons (Fsp3) is 0.235. The van der Waals surface area contributed by atoms with Gasteiger partial charge in [0, 0.05) is 17.3 Å². The lowest BCUT2D eigenvalue weighted by Gasteiger charge is -2.13. The van der Waals surface area contributed by atoms with Gasteiger partial charge < -0.3 is 9.84 Å². The summed E-state index contributed by atoms with van der Waals surface area (Å²) in [6.45, 7) is 4.05. The monoisotopic (exact) mass is 337 g/mol. The van der Waals surface area contributed by atoms with Gasteiger partial charge in [0.25, 0.3) is 0 Å². The second-order valence-corrected chi connectivity index (χ2v) is 5.76. The number of hydrogen-bond acceptors (Lipinski definition) is 3. The quantitative estimate of drug-likeness (QED) is 0.718. The molecule has 2 aromatic rings. The lowest BCUT2D eigenvalue weighted by Crippen LogP contribution is -2.09. The molecule has 22 heavy (non-hydrogen) atoms. The van der Waals surface area contributed by atoms with E-state index in [0.717, 1.165) is 12.0 Å². The van der Waals surface area contributed by atoms with Crippen LogP contribution >= 0.6 is 23.2 Å². The molecule has 0 heterocycles. The van der Waals surface area contributed by atoms with Crippen LogP contribution in [0.1, 0.15) is 25.8 Å². The van der Waals surface area contributed by atoms with Gasteiger partial charge in [0.15, 0.2) is 0 Å². The fourth-order valence-electron chi connectivity index (χ4n) is 1.74. The van der Waals surface area contributed by atoms with Crippen molar-refractivity contribution in [1.82, 2.24) is 0 Å². The molecule has 116 valence electrons. The maximum absolute atomic E-state index is 9.75. The maximum Gasteiger partial charge on any atom is 0.142 e. The number of ether oxygens (including phenoxy) is 1. The number of aromatic hydroxyl groups is 1. The van der Waals surface area contributed by atoms with E-state index in [4.69, 9.17) is 27.9 Å². The molecule has 0 aliphatic rings. The van der Waals surface area contributed by atoms with E-state index in [9.17, 15) is 5.11 Å².